The number of halogens is 1. The molecule has 1 amide bonds. The summed E-state index contributed by atoms with van der Waals surface area (Å²) in [5, 5.41) is 4.07. The summed E-state index contributed by atoms with van der Waals surface area (Å²) in [6.45, 7) is 9.09. The fourth-order valence-electron chi connectivity index (χ4n) is 2.43. The lowest BCUT2D eigenvalue weighted by atomic mass is 10.2. The standard InChI is InChI=1S/C22H27IN2O4/c1-5-11-28-18-9-7-17(8-10-18)22(26)25-24-14-16-12-19(23)21(29-15(3)4)20(13-16)27-6-2/h7-10,12-15H,5-6,11H2,1-4H3,(H,25,26)/b24-14+. The first kappa shape index (κ1) is 23.0. The van der Waals surface area contributed by atoms with E-state index in [0.717, 1.165) is 21.3 Å². The minimum Gasteiger partial charge on any atom is -0.494 e. The maximum absolute atomic E-state index is 12.3. The fourth-order valence-corrected chi connectivity index (χ4v) is 3.18. The maximum Gasteiger partial charge on any atom is 0.271 e. The second-order valence-corrected chi connectivity index (χ2v) is 7.66. The van der Waals surface area contributed by atoms with Crippen LogP contribution in [0.4, 0.5) is 0 Å². The lowest BCUT2D eigenvalue weighted by Gasteiger charge is -2.16. The highest BCUT2D eigenvalue weighted by atomic mass is 127. The molecule has 29 heavy (non-hydrogen) atoms. The minimum atomic E-state index is -0.289. The molecule has 0 aliphatic carbocycles. The molecule has 7 heteroatoms. The molecule has 2 aromatic carbocycles. The number of nitrogens with zero attached hydrogens (tertiary/aromatic N) is 1. The zero-order chi connectivity index (χ0) is 21.2. The summed E-state index contributed by atoms with van der Waals surface area (Å²) in [6, 6.07) is 10.8. The van der Waals surface area contributed by atoms with Crippen molar-refractivity contribution in [3.05, 3.63) is 51.1 Å². The van der Waals surface area contributed by atoms with Gasteiger partial charge in [-0.1, -0.05) is 6.92 Å². The second kappa shape index (κ2) is 11.6. The van der Waals surface area contributed by atoms with Crippen molar-refractivity contribution < 1.29 is 19.0 Å². The summed E-state index contributed by atoms with van der Waals surface area (Å²) in [7, 11) is 0. The number of ether oxygens (including phenoxy) is 3. The van der Waals surface area contributed by atoms with E-state index in [2.05, 4.69) is 33.1 Å². The van der Waals surface area contributed by atoms with Crippen LogP contribution in [0.2, 0.25) is 0 Å². The van der Waals surface area contributed by atoms with Crippen LogP contribution in [0.1, 0.15) is 50.0 Å². The van der Waals surface area contributed by atoms with E-state index in [4.69, 9.17) is 14.2 Å². The SMILES string of the molecule is CCCOc1ccc(C(=O)N/N=C/c2cc(I)c(OC(C)C)c(OCC)c2)cc1. The van der Waals surface area contributed by atoms with Crippen molar-refractivity contribution in [2.45, 2.75) is 40.2 Å². The quantitative estimate of drug-likeness (QED) is 0.277. The van der Waals surface area contributed by atoms with Gasteiger partial charge in [0.15, 0.2) is 11.5 Å². The largest absolute Gasteiger partial charge is 0.494 e. The summed E-state index contributed by atoms with van der Waals surface area (Å²) in [5.74, 6) is 1.83. The molecule has 0 saturated carbocycles. The van der Waals surface area contributed by atoms with Crippen molar-refractivity contribution in [1.29, 1.82) is 0 Å². The Balaban J connectivity index is 2.06. The molecule has 0 aliphatic heterocycles. The van der Waals surface area contributed by atoms with Gasteiger partial charge in [-0.25, -0.2) is 5.43 Å². The predicted molar refractivity (Wildman–Crippen MR) is 123 cm³/mol. The van der Waals surface area contributed by atoms with Gasteiger partial charge in [-0.3, -0.25) is 4.79 Å². The molecule has 0 saturated heterocycles. The number of hydrogen-bond donors (Lipinski definition) is 1. The molecule has 1 N–H and O–H groups in total. The highest BCUT2D eigenvalue weighted by molar-refractivity contribution is 14.1. The number of amides is 1. The molecule has 0 fully saturated rings. The molecule has 0 radical (unpaired) electrons. The Morgan fingerprint density at radius 3 is 2.52 bits per heavy atom. The van der Waals surface area contributed by atoms with Crippen LogP contribution in [0.5, 0.6) is 17.2 Å². The van der Waals surface area contributed by atoms with Gasteiger partial charge in [-0.2, -0.15) is 5.10 Å². The monoisotopic (exact) mass is 510 g/mol. The van der Waals surface area contributed by atoms with Crippen molar-refractivity contribution >= 4 is 34.7 Å². The summed E-state index contributed by atoms with van der Waals surface area (Å²) in [6.07, 6.45) is 2.56. The van der Waals surface area contributed by atoms with Crippen molar-refractivity contribution in [2.24, 2.45) is 5.10 Å². The first-order valence-electron chi connectivity index (χ1n) is 9.63. The third-order valence-electron chi connectivity index (χ3n) is 3.65. The van der Waals surface area contributed by atoms with Crippen LogP contribution in [-0.4, -0.2) is 31.4 Å². The number of carbonyl (C=O) groups is 1. The average Bonchev–Trinajstić information content (AvgIpc) is 2.69. The van der Waals surface area contributed by atoms with Gasteiger partial charge >= 0.3 is 0 Å². The molecular weight excluding hydrogens is 483 g/mol. The van der Waals surface area contributed by atoms with Crippen molar-refractivity contribution in [2.75, 3.05) is 13.2 Å². The summed E-state index contributed by atoms with van der Waals surface area (Å²) in [4.78, 5) is 12.3. The molecule has 2 aromatic rings. The zero-order valence-corrected chi connectivity index (χ0v) is 19.4. The lowest BCUT2D eigenvalue weighted by Crippen LogP contribution is -2.17. The number of carbonyl (C=O) groups excluding carboxylic acids is 1. The van der Waals surface area contributed by atoms with Crippen LogP contribution < -0.4 is 19.6 Å². The van der Waals surface area contributed by atoms with E-state index >= 15 is 0 Å². The lowest BCUT2D eigenvalue weighted by molar-refractivity contribution is 0.0955. The third kappa shape index (κ3) is 7.23. The van der Waals surface area contributed by atoms with E-state index in [1.54, 1.807) is 30.5 Å². The molecule has 2 rings (SSSR count). The van der Waals surface area contributed by atoms with Crippen molar-refractivity contribution in [3.63, 3.8) is 0 Å². The van der Waals surface area contributed by atoms with Gasteiger partial charge in [0.25, 0.3) is 5.91 Å². The Hall–Kier alpha value is -2.29. The highest BCUT2D eigenvalue weighted by Crippen LogP contribution is 2.34. The average molecular weight is 510 g/mol. The topological polar surface area (TPSA) is 69.2 Å². The van der Waals surface area contributed by atoms with Gasteiger partial charge in [0, 0.05) is 5.56 Å². The Morgan fingerprint density at radius 2 is 1.90 bits per heavy atom. The van der Waals surface area contributed by atoms with E-state index in [9.17, 15) is 4.79 Å². The third-order valence-corrected chi connectivity index (χ3v) is 4.46. The van der Waals surface area contributed by atoms with E-state index in [-0.39, 0.29) is 12.0 Å². The normalized spacial score (nSPS) is 11.0. The summed E-state index contributed by atoms with van der Waals surface area (Å²) < 4.78 is 18.0. The number of rotatable bonds is 10. The first-order valence-corrected chi connectivity index (χ1v) is 10.7. The Morgan fingerprint density at radius 1 is 1.17 bits per heavy atom. The van der Waals surface area contributed by atoms with Gasteiger partial charge in [-0.15, -0.1) is 0 Å². The molecule has 0 heterocycles. The van der Waals surface area contributed by atoms with Gasteiger partial charge in [0.2, 0.25) is 0 Å². The smallest absolute Gasteiger partial charge is 0.271 e. The van der Waals surface area contributed by atoms with Crippen molar-refractivity contribution in [3.8, 4) is 17.2 Å². The molecule has 0 spiro atoms. The van der Waals surface area contributed by atoms with Gasteiger partial charge < -0.3 is 14.2 Å². The van der Waals surface area contributed by atoms with Crippen molar-refractivity contribution in [1.82, 2.24) is 5.43 Å². The molecule has 0 unspecified atom stereocenters. The Bertz CT molecular complexity index is 835. The van der Waals surface area contributed by atoms with Crippen LogP contribution in [-0.2, 0) is 0 Å². The van der Waals surface area contributed by atoms with Crippen LogP contribution in [0.25, 0.3) is 0 Å². The number of benzene rings is 2. The number of hydrazone groups is 1. The number of hydrogen-bond acceptors (Lipinski definition) is 5. The summed E-state index contributed by atoms with van der Waals surface area (Å²) in [5.41, 5.74) is 3.86. The Kier molecular flexibility index (Phi) is 9.24. The fraction of sp³-hybridized carbons (Fsp3) is 0.364. The molecule has 0 atom stereocenters. The van der Waals surface area contributed by atoms with E-state index < -0.39 is 0 Å². The predicted octanol–water partition coefficient (Wildman–Crippen LogP) is 5.03. The van der Waals surface area contributed by atoms with Crippen LogP contribution in [0.3, 0.4) is 0 Å². The minimum absolute atomic E-state index is 0.0419. The van der Waals surface area contributed by atoms with Crippen LogP contribution >= 0.6 is 22.6 Å². The van der Waals surface area contributed by atoms with Crippen LogP contribution in [0.15, 0.2) is 41.5 Å². The first-order chi connectivity index (χ1) is 13.9. The molecular formula is C22H27IN2O4. The van der Waals surface area contributed by atoms with Gasteiger partial charge in [0.05, 0.1) is 29.1 Å². The molecule has 6 nitrogen and oxygen atoms in total. The van der Waals surface area contributed by atoms with E-state index in [1.165, 1.54) is 0 Å². The molecule has 0 aliphatic rings. The maximum atomic E-state index is 12.3. The number of nitrogens with one attached hydrogen (secondary N) is 1. The second-order valence-electron chi connectivity index (χ2n) is 6.50. The highest BCUT2D eigenvalue weighted by Gasteiger charge is 2.13. The van der Waals surface area contributed by atoms with E-state index in [0.29, 0.717) is 30.3 Å². The molecule has 156 valence electrons. The molecule has 0 bridgehead atoms. The van der Waals surface area contributed by atoms with Gasteiger partial charge in [-0.05, 0) is 91.7 Å². The zero-order valence-electron chi connectivity index (χ0n) is 17.2. The van der Waals surface area contributed by atoms with Gasteiger partial charge in [0.1, 0.15) is 5.75 Å². The Labute approximate surface area is 185 Å². The molecule has 0 aromatic heterocycles. The van der Waals surface area contributed by atoms with Crippen LogP contribution in [0, 0.1) is 3.57 Å². The summed E-state index contributed by atoms with van der Waals surface area (Å²) >= 11 is 2.21. The van der Waals surface area contributed by atoms with E-state index in [1.807, 2.05) is 39.8 Å².